The minimum absolute atomic E-state index is 0.829. The Kier molecular flexibility index (Phi) is 4.08. The van der Waals surface area contributed by atoms with Gasteiger partial charge >= 0.3 is 12.4 Å². The van der Waals surface area contributed by atoms with Crippen LogP contribution < -0.4 is 4.74 Å². The van der Waals surface area contributed by atoms with Crippen LogP contribution in [0.3, 0.4) is 0 Å². The molecular formula is C9H6F3NO5. The van der Waals surface area contributed by atoms with E-state index >= 15 is 0 Å². The van der Waals surface area contributed by atoms with Crippen molar-refractivity contribution in [3.05, 3.63) is 33.9 Å². The fraction of sp³-hybridized carbons (Fsp3) is 0.222. The van der Waals surface area contributed by atoms with Gasteiger partial charge in [0.25, 0.3) is 12.0 Å². The third-order valence-electron chi connectivity index (χ3n) is 1.85. The van der Waals surface area contributed by atoms with E-state index in [1.165, 1.54) is 0 Å². The molecule has 0 fully saturated rings. The number of ether oxygens (including phenoxy) is 1. The van der Waals surface area contributed by atoms with Gasteiger partial charge in [-0.15, -0.1) is 0 Å². The second-order valence-electron chi connectivity index (χ2n) is 3.02. The number of nitro benzene ring substituents is 1. The lowest BCUT2D eigenvalue weighted by Crippen LogP contribution is -2.21. The van der Waals surface area contributed by atoms with Gasteiger partial charge in [0, 0.05) is 6.07 Å². The van der Waals surface area contributed by atoms with Crippen LogP contribution in [0.1, 0.15) is 10.4 Å². The van der Waals surface area contributed by atoms with E-state index in [4.69, 9.17) is 5.11 Å². The maximum absolute atomic E-state index is 12.7. The first-order chi connectivity index (χ1) is 8.34. The lowest BCUT2D eigenvalue weighted by molar-refractivity contribution is -0.385. The summed E-state index contributed by atoms with van der Waals surface area (Å²) in [6, 6.07) is 2.69. The molecule has 1 N–H and O–H groups in total. The third kappa shape index (κ3) is 2.87. The Morgan fingerprint density at radius 3 is 2.44 bits per heavy atom. The van der Waals surface area contributed by atoms with E-state index in [-0.39, 0.29) is 0 Å². The lowest BCUT2D eigenvalue weighted by Gasteiger charge is -2.12. The number of nitro groups is 1. The van der Waals surface area contributed by atoms with E-state index in [1.54, 1.807) is 0 Å². The van der Waals surface area contributed by atoms with E-state index in [0.717, 1.165) is 18.2 Å². The van der Waals surface area contributed by atoms with E-state index in [0.29, 0.717) is 0 Å². The van der Waals surface area contributed by atoms with Crippen LogP contribution in [0.5, 0.6) is 5.75 Å². The molecule has 0 radical (unpaired) electrons. The molecular weight excluding hydrogens is 259 g/mol. The van der Waals surface area contributed by atoms with Gasteiger partial charge in [0.15, 0.2) is 5.56 Å². The summed E-state index contributed by atoms with van der Waals surface area (Å²) in [6.07, 6.45) is -6.56. The first-order valence-electron chi connectivity index (χ1n) is 4.44. The van der Waals surface area contributed by atoms with Crippen LogP contribution in [0, 0.1) is 10.1 Å². The molecule has 0 aromatic heterocycles. The van der Waals surface area contributed by atoms with Crippen molar-refractivity contribution in [1.29, 1.82) is 0 Å². The molecule has 0 amide bonds. The number of rotatable bonds is 5. The predicted molar refractivity (Wildman–Crippen MR) is 51.6 cm³/mol. The van der Waals surface area contributed by atoms with Crippen LogP contribution in [0.25, 0.3) is 0 Å². The standard InChI is InChI=1S/C9H6F3NO5/c10-7(11)8(12)18-5-3-1-2-4(13(16)17)6(5)9(14)15/h1-3,7-8H,(H,14,15). The zero-order valence-electron chi connectivity index (χ0n) is 8.55. The van der Waals surface area contributed by atoms with Crippen LogP contribution >= 0.6 is 0 Å². The summed E-state index contributed by atoms with van der Waals surface area (Å²) in [5.74, 6) is -2.61. The van der Waals surface area contributed by atoms with E-state index < -0.39 is 40.7 Å². The minimum Gasteiger partial charge on any atom is -0.477 e. The van der Waals surface area contributed by atoms with Gasteiger partial charge in [-0.3, -0.25) is 10.1 Å². The highest BCUT2D eigenvalue weighted by Gasteiger charge is 2.28. The quantitative estimate of drug-likeness (QED) is 0.651. The highest BCUT2D eigenvalue weighted by molar-refractivity contribution is 5.95. The molecule has 0 saturated carbocycles. The molecule has 98 valence electrons. The van der Waals surface area contributed by atoms with Gasteiger partial charge in [-0.1, -0.05) is 6.07 Å². The van der Waals surface area contributed by atoms with Crippen molar-refractivity contribution in [2.24, 2.45) is 0 Å². The Bertz CT molecular complexity index is 479. The second-order valence-corrected chi connectivity index (χ2v) is 3.02. The average Bonchev–Trinajstić information content (AvgIpc) is 2.27. The molecule has 1 atom stereocenters. The Morgan fingerprint density at radius 2 is 2.00 bits per heavy atom. The van der Waals surface area contributed by atoms with Gasteiger partial charge in [0.1, 0.15) is 5.75 Å². The molecule has 18 heavy (non-hydrogen) atoms. The Morgan fingerprint density at radius 1 is 1.39 bits per heavy atom. The summed E-state index contributed by atoms with van der Waals surface area (Å²) in [6.45, 7) is 0. The minimum atomic E-state index is -3.49. The molecule has 0 aliphatic carbocycles. The molecule has 0 aliphatic rings. The van der Waals surface area contributed by atoms with Crippen molar-refractivity contribution in [1.82, 2.24) is 0 Å². The van der Waals surface area contributed by atoms with Gasteiger partial charge in [-0.2, -0.15) is 4.39 Å². The molecule has 1 unspecified atom stereocenters. The van der Waals surface area contributed by atoms with Crippen molar-refractivity contribution in [2.75, 3.05) is 0 Å². The lowest BCUT2D eigenvalue weighted by atomic mass is 10.1. The Balaban J connectivity index is 3.23. The maximum Gasteiger partial charge on any atom is 0.346 e. The number of nitrogens with zero attached hydrogens (tertiary/aromatic N) is 1. The molecule has 0 heterocycles. The van der Waals surface area contributed by atoms with Crippen LogP contribution in [0.2, 0.25) is 0 Å². The van der Waals surface area contributed by atoms with E-state index in [1.807, 2.05) is 0 Å². The average molecular weight is 265 g/mol. The highest BCUT2D eigenvalue weighted by Crippen LogP contribution is 2.29. The smallest absolute Gasteiger partial charge is 0.346 e. The Hall–Kier alpha value is -2.32. The van der Waals surface area contributed by atoms with Crippen LogP contribution in [-0.2, 0) is 0 Å². The van der Waals surface area contributed by atoms with Crippen molar-refractivity contribution >= 4 is 11.7 Å². The fourth-order valence-electron chi connectivity index (χ4n) is 1.16. The second kappa shape index (κ2) is 5.34. The maximum atomic E-state index is 12.7. The molecule has 0 aliphatic heterocycles. The number of hydrogen-bond acceptors (Lipinski definition) is 4. The van der Waals surface area contributed by atoms with Crippen molar-refractivity contribution in [2.45, 2.75) is 12.8 Å². The number of aromatic carboxylic acids is 1. The first kappa shape index (κ1) is 13.7. The normalized spacial score (nSPS) is 12.2. The number of alkyl halides is 3. The van der Waals surface area contributed by atoms with Crippen molar-refractivity contribution in [3.63, 3.8) is 0 Å². The van der Waals surface area contributed by atoms with Gasteiger partial charge < -0.3 is 9.84 Å². The van der Waals surface area contributed by atoms with Gasteiger partial charge in [0.05, 0.1) is 4.92 Å². The summed E-state index contributed by atoms with van der Waals surface area (Å²) < 4.78 is 40.6. The predicted octanol–water partition coefficient (Wildman–Crippen LogP) is 2.23. The van der Waals surface area contributed by atoms with E-state index in [9.17, 15) is 28.1 Å². The van der Waals surface area contributed by atoms with Crippen molar-refractivity contribution in [3.8, 4) is 5.75 Å². The molecule has 9 heteroatoms. The molecule has 0 spiro atoms. The van der Waals surface area contributed by atoms with Crippen molar-refractivity contribution < 1.29 is 32.7 Å². The van der Waals surface area contributed by atoms with Crippen LogP contribution in [0.4, 0.5) is 18.9 Å². The summed E-state index contributed by atoms with van der Waals surface area (Å²) >= 11 is 0. The Labute approximate surface area is 97.7 Å². The molecule has 1 rings (SSSR count). The number of carboxylic acids is 1. The summed E-state index contributed by atoms with van der Waals surface area (Å²) in [4.78, 5) is 20.3. The fourth-order valence-corrected chi connectivity index (χ4v) is 1.16. The van der Waals surface area contributed by atoms with Crippen LogP contribution in [0.15, 0.2) is 18.2 Å². The summed E-state index contributed by atoms with van der Waals surface area (Å²) in [5, 5.41) is 19.3. The molecule has 6 nitrogen and oxygen atoms in total. The third-order valence-corrected chi connectivity index (χ3v) is 1.85. The highest BCUT2D eigenvalue weighted by atomic mass is 19.3. The molecule has 0 bridgehead atoms. The molecule has 1 aromatic carbocycles. The zero-order valence-corrected chi connectivity index (χ0v) is 8.55. The number of halogens is 3. The summed E-state index contributed by atoms with van der Waals surface area (Å²) in [7, 11) is 0. The topological polar surface area (TPSA) is 89.7 Å². The van der Waals surface area contributed by atoms with Crippen LogP contribution in [-0.4, -0.2) is 28.8 Å². The number of carboxylic acid groups (broad SMARTS) is 1. The SMILES string of the molecule is O=C(O)c1c(OC(F)C(F)F)cccc1[N+](=O)[O-]. The summed E-state index contributed by atoms with van der Waals surface area (Å²) in [5.41, 5.74) is -1.85. The zero-order chi connectivity index (χ0) is 13.9. The number of benzene rings is 1. The van der Waals surface area contributed by atoms with Gasteiger partial charge in [0.2, 0.25) is 0 Å². The molecule has 1 aromatic rings. The number of carbonyl (C=O) groups is 1. The largest absolute Gasteiger partial charge is 0.477 e. The van der Waals surface area contributed by atoms with E-state index in [2.05, 4.69) is 4.74 Å². The monoisotopic (exact) mass is 265 g/mol. The van der Waals surface area contributed by atoms with Gasteiger partial charge in [-0.05, 0) is 6.07 Å². The molecule has 0 saturated heterocycles. The first-order valence-corrected chi connectivity index (χ1v) is 4.44. The number of hydrogen-bond donors (Lipinski definition) is 1. The van der Waals surface area contributed by atoms with Gasteiger partial charge in [-0.25, -0.2) is 13.6 Å².